The van der Waals surface area contributed by atoms with E-state index in [1.807, 2.05) is 36.5 Å². The molecule has 0 bridgehead atoms. The van der Waals surface area contributed by atoms with Crippen LogP contribution in [0.15, 0.2) is 78.9 Å². The number of nitrogens with two attached hydrogens (primary N) is 1. The van der Waals surface area contributed by atoms with E-state index in [2.05, 4.69) is 69.9 Å². The van der Waals surface area contributed by atoms with E-state index in [1.165, 1.54) is 6.33 Å². The molecule has 0 spiro atoms. The number of hydrogen-bond acceptors (Lipinski definition) is 7. The van der Waals surface area contributed by atoms with E-state index in [1.54, 1.807) is 0 Å². The number of para-hydroxylation sites is 1. The van der Waals surface area contributed by atoms with Gasteiger partial charge in [0, 0.05) is 28.8 Å². The van der Waals surface area contributed by atoms with E-state index in [9.17, 15) is 0 Å². The van der Waals surface area contributed by atoms with Crippen LogP contribution in [0.3, 0.4) is 0 Å². The predicted octanol–water partition coefficient (Wildman–Crippen LogP) is 5.66. The van der Waals surface area contributed by atoms with Crippen molar-refractivity contribution >= 4 is 34.8 Å². The standard InChI is InChI=1S/C29H29N7/c1-18-9-7-8-12-24(18)36-20(3)25-19(2)13-14-32-23(25)15-22(36)16-33-29-26(28(31)34-17-35-29)27(30)21-10-5-4-6-11-21/h4-5,7-10,12-15,17,30H,3,6,11,16H2,1-2H3,(H3,31,33,34,35). The number of benzene rings is 1. The van der Waals surface area contributed by atoms with Crippen molar-refractivity contribution in [2.75, 3.05) is 22.5 Å². The second kappa shape index (κ2) is 9.62. The second-order valence-corrected chi connectivity index (χ2v) is 8.96. The van der Waals surface area contributed by atoms with Gasteiger partial charge in [0.15, 0.2) is 0 Å². The smallest absolute Gasteiger partial charge is 0.141 e. The van der Waals surface area contributed by atoms with Gasteiger partial charge in [0.2, 0.25) is 0 Å². The summed E-state index contributed by atoms with van der Waals surface area (Å²) in [7, 11) is 0. The van der Waals surface area contributed by atoms with Crippen LogP contribution < -0.4 is 16.0 Å². The van der Waals surface area contributed by atoms with Gasteiger partial charge in [0.25, 0.3) is 0 Å². The summed E-state index contributed by atoms with van der Waals surface area (Å²) < 4.78 is 0. The van der Waals surface area contributed by atoms with Crippen molar-refractivity contribution in [1.29, 1.82) is 5.41 Å². The molecule has 5 rings (SSSR count). The Balaban J connectivity index is 1.53. The number of nitrogen functional groups attached to an aromatic ring is 1. The molecule has 3 heterocycles. The van der Waals surface area contributed by atoms with Gasteiger partial charge in [0.1, 0.15) is 18.0 Å². The fourth-order valence-corrected chi connectivity index (χ4v) is 4.74. The Morgan fingerprint density at radius 3 is 2.75 bits per heavy atom. The van der Waals surface area contributed by atoms with Gasteiger partial charge in [-0.2, -0.15) is 0 Å². The highest BCUT2D eigenvalue weighted by molar-refractivity contribution is 6.16. The highest BCUT2D eigenvalue weighted by Crippen LogP contribution is 2.38. The molecule has 180 valence electrons. The molecule has 0 saturated carbocycles. The van der Waals surface area contributed by atoms with E-state index in [0.717, 1.165) is 57.9 Å². The van der Waals surface area contributed by atoms with Crippen molar-refractivity contribution in [3.63, 3.8) is 0 Å². The van der Waals surface area contributed by atoms with Gasteiger partial charge in [-0.3, -0.25) is 10.4 Å². The third kappa shape index (κ3) is 4.20. The minimum Gasteiger partial charge on any atom is -0.383 e. The molecule has 0 radical (unpaired) electrons. The lowest BCUT2D eigenvalue weighted by Gasteiger charge is -2.35. The van der Waals surface area contributed by atoms with Crippen LogP contribution in [-0.4, -0.2) is 27.2 Å². The molecular formula is C29H29N7. The summed E-state index contributed by atoms with van der Waals surface area (Å²) >= 11 is 0. The van der Waals surface area contributed by atoms with Crippen LogP contribution in [0.25, 0.3) is 11.8 Å². The Labute approximate surface area is 211 Å². The van der Waals surface area contributed by atoms with Crippen molar-refractivity contribution in [2.45, 2.75) is 26.7 Å². The summed E-state index contributed by atoms with van der Waals surface area (Å²) in [5.41, 5.74) is 15.1. The molecule has 7 nitrogen and oxygen atoms in total. The lowest BCUT2D eigenvalue weighted by atomic mass is 9.95. The van der Waals surface area contributed by atoms with Crippen LogP contribution >= 0.6 is 0 Å². The summed E-state index contributed by atoms with van der Waals surface area (Å²) in [5, 5.41) is 12.3. The van der Waals surface area contributed by atoms with Crippen LogP contribution in [0.5, 0.6) is 0 Å². The average molecular weight is 476 g/mol. The first-order valence-corrected chi connectivity index (χ1v) is 12.0. The number of hydrogen-bond donors (Lipinski definition) is 3. The SMILES string of the molecule is C=C1c2c(C)ccnc2C=C(CNc2ncnc(N)c2C(=N)C2=CC=CCC2)N1c1ccccc1C. The highest BCUT2D eigenvalue weighted by atomic mass is 15.2. The Bertz CT molecular complexity index is 1460. The van der Waals surface area contributed by atoms with E-state index in [0.29, 0.717) is 23.6 Å². The van der Waals surface area contributed by atoms with Gasteiger partial charge in [0.05, 0.1) is 23.5 Å². The van der Waals surface area contributed by atoms with Gasteiger partial charge in [-0.1, -0.05) is 43.0 Å². The monoisotopic (exact) mass is 475 g/mol. The zero-order chi connectivity index (χ0) is 25.2. The van der Waals surface area contributed by atoms with Gasteiger partial charge >= 0.3 is 0 Å². The van der Waals surface area contributed by atoms with Crippen LogP contribution in [0.1, 0.15) is 40.8 Å². The number of aromatic nitrogens is 3. The maximum absolute atomic E-state index is 8.83. The topological polar surface area (TPSA) is 104 Å². The number of aryl methyl sites for hydroxylation is 2. The molecule has 7 heteroatoms. The van der Waals surface area contributed by atoms with E-state index >= 15 is 0 Å². The fourth-order valence-electron chi connectivity index (χ4n) is 4.74. The zero-order valence-electron chi connectivity index (χ0n) is 20.5. The molecule has 1 aliphatic heterocycles. The number of nitrogens with zero attached hydrogens (tertiary/aromatic N) is 4. The number of rotatable bonds is 6. The van der Waals surface area contributed by atoms with E-state index < -0.39 is 0 Å². The number of anilines is 3. The third-order valence-corrected chi connectivity index (χ3v) is 6.59. The van der Waals surface area contributed by atoms with Gasteiger partial charge in [-0.05, 0) is 61.6 Å². The lowest BCUT2D eigenvalue weighted by Crippen LogP contribution is -2.30. The maximum atomic E-state index is 8.83. The predicted molar refractivity (Wildman–Crippen MR) is 148 cm³/mol. The quantitative estimate of drug-likeness (QED) is 0.398. The average Bonchev–Trinajstić information content (AvgIpc) is 2.88. The molecular weight excluding hydrogens is 446 g/mol. The van der Waals surface area contributed by atoms with Crippen LogP contribution in [0, 0.1) is 19.3 Å². The van der Waals surface area contributed by atoms with Crippen molar-refractivity contribution in [3.05, 3.63) is 107 Å². The summed E-state index contributed by atoms with van der Waals surface area (Å²) in [6.45, 7) is 9.07. The summed E-state index contributed by atoms with van der Waals surface area (Å²) in [5.74, 6) is 0.815. The summed E-state index contributed by atoms with van der Waals surface area (Å²) in [6.07, 6.45) is 13.1. The normalized spacial score (nSPS) is 14.7. The highest BCUT2D eigenvalue weighted by Gasteiger charge is 2.27. The first kappa shape index (κ1) is 23.2. The minimum atomic E-state index is 0.286. The Hall–Kier alpha value is -4.52. The molecule has 36 heavy (non-hydrogen) atoms. The Morgan fingerprint density at radius 2 is 1.97 bits per heavy atom. The summed E-state index contributed by atoms with van der Waals surface area (Å²) in [4.78, 5) is 15.4. The number of pyridine rings is 1. The fraction of sp³-hybridized carbons (Fsp3) is 0.172. The molecule has 2 aliphatic rings. The number of allylic oxidation sites excluding steroid dienone is 4. The Morgan fingerprint density at radius 1 is 1.14 bits per heavy atom. The summed E-state index contributed by atoms with van der Waals surface area (Å²) in [6, 6.07) is 10.3. The van der Waals surface area contributed by atoms with E-state index in [-0.39, 0.29) is 5.82 Å². The van der Waals surface area contributed by atoms with Gasteiger partial charge in [-0.15, -0.1) is 0 Å². The zero-order valence-corrected chi connectivity index (χ0v) is 20.5. The first-order valence-electron chi connectivity index (χ1n) is 12.0. The largest absolute Gasteiger partial charge is 0.383 e. The maximum Gasteiger partial charge on any atom is 0.141 e. The molecule has 2 aromatic heterocycles. The minimum absolute atomic E-state index is 0.286. The molecule has 0 amide bonds. The van der Waals surface area contributed by atoms with Gasteiger partial charge in [-0.25, -0.2) is 9.97 Å². The third-order valence-electron chi connectivity index (χ3n) is 6.59. The second-order valence-electron chi connectivity index (χ2n) is 8.96. The molecule has 4 N–H and O–H groups in total. The molecule has 1 aliphatic carbocycles. The van der Waals surface area contributed by atoms with Crippen LogP contribution in [0.4, 0.5) is 17.3 Å². The first-order chi connectivity index (χ1) is 17.5. The van der Waals surface area contributed by atoms with Crippen LogP contribution in [-0.2, 0) is 0 Å². The van der Waals surface area contributed by atoms with Crippen molar-refractivity contribution in [2.24, 2.45) is 0 Å². The molecule has 0 atom stereocenters. The van der Waals surface area contributed by atoms with Crippen LogP contribution in [0.2, 0.25) is 0 Å². The molecule has 3 aromatic rings. The van der Waals surface area contributed by atoms with Crippen molar-refractivity contribution < 1.29 is 0 Å². The van der Waals surface area contributed by atoms with Crippen molar-refractivity contribution in [1.82, 2.24) is 15.0 Å². The molecule has 1 aromatic carbocycles. The molecule has 0 unspecified atom stereocenters. The number of fused-ring (bicyclic) bond motifs is 1. The number of nitrogens with one attached hydrogen (secondary N) is 2. The molecule has 0 saturated heterocycles. The lowest BCUT2D eigenvalue weighted by molar-refractivity contribution is 0.998. The van der Waals surface area contributed by atoms with Crippen molar-refractivity contribution in [3.8, 4) is 0 Å². The molecule has 0 fully saturated rings. The van der Waals surface area contributed by atoms with E-state index in [4.69, 9.17) is 11.1 Å². The Kier molecular flexibility index (Phi) is 6.21. The van der Waals surface area contributed by atoms with Gasteiger partial charge < -0.3 is 16.0 Å².